The Morgan fingerprint density at radius 2 is 2.42 bits per heavy atom. The Morgan fingerprint density at radius 3 is 3.25 bits per heavy atom. The quantitative estimate of drug-likeness (QED) is 0.680. The number of hydrogen-bond acceptors (Lipinski definition) is 2. The van der Waals surface area contributed by atoms with Gasteiger partial charge in [-0.2, -0.15) is 0 Å². The molecule has 1 aromatic rings. The van der Waals surface area contributed by atoms with Crippen molar-refractivity contribution < 1.29 is 4.74 Å². The topological polar surface area (TPSA) is 21.3 Å². The first-order valence-corrected chi connectivity index (χ1v) is 4.23. The van der Waals surface area contributed by atoms with Crippen LogP contribution in [0.25, 0.3) is 0 Å². The van der Waals surface area contributed by atoms with Gasteiger partial charge in [-0.25, -0.2) is 0 Å². The molecule has 0 aromatic heterocycles. The highest BCUT2D eigenvalue weighted by Gasteiger charge is 2.08. The van der Waals surface area contributed by atoms with Gasteiger partial charge in [-0.05, 0) is 24.5 Å². The van der Waals surface area contributed by atoms with Crippen molar-refractivity contribution in [2.24, 2.45) is 0 Å². The van der Waals surface area contributed by atoms with Gasteiger partial charge in [0.25, 0.3) is 0 Å². The van der Waals surface area contributed by atoms with Crippen molar-refractivity contribution in [1.29, 1.82) is 0 Å². The molecule has 0 bridgehead atoms. The smallest absolute Gasteiger partial charge is 0.129 e. The summed E-state index contributed by atoms with van der Waals surface area (Å²) < 4.78 is 5.08. The summed E-state index contributed by atoms with van der Waals surface area (Å²) in [5.74, 6) is 0.808. The molecule has 0 spiro atoms. The molecule has 0 atom stereocenters. The first-order valence-electron chi connectivity index (χ1n) is 4.23. The van der Waals surface area contributed by atoms with Crippen molar-refractivity contribution in [1.82, 2.24) is 0 Å². The molecule has 1 aliphatic rings. The van der Waals surface area contributed by atoms with Gasteiger partial charge >= 0.3 is 0 Å². The lowest BCUT2D eigenvalue weighted by molar-refractivity contribution is 0.414. The summed E-state index contributed by atoms with van der Waals surface area (Å²) in [7, 11) is 1.67. The molecule has 2 rings (SSSR count). The standard InChI is InChI=1S/C10H12NO/c1-12-9-5-4-8-3-2-6-11-10(8)7-9/h4-5,11H,2-3,6H2,1H3. The zero-order valence-electron chi connectivity index (χ0n) is 7.18. The molecule has 0 saturated carbocycles. The molecule has 2 heteroatoms. The number of aryl methyl sites for hydroxylation is 1. The van der Waals surface area contributed by atoms with Crippen molar-refractivity contribution in [2.45, 2.75) is 12.8 Å². The summed E-state index contributed by atoms with van der Waals surface area (Å²) in [4.78, 5) is 0. The number of benzene rings is 1. The van der Waals surface area contributed by atoms with Crippen LogP contribution >= 0.6 is 0 Å². The van der Waals surface area contributed by atoms with Crippen LogP contribution in [0, 0.1) is 6.07 Å². The van der Waals surface area contributed by atoms with E-state index in [0.29, 0.717) is 0 Å². The number of anilines is 1. The maximum atomic E-state index is 5.08. The van der Waals surface area contributed by atoms with Gasteiger partial charge in [0.1, 0.15) is 5.75 Å². The van der Waals surface area contributed by atoms with Crippen molar-refractivity contribution >= 4 is 5.69 Å². The Morgan fingerprint density at radius 1 is 1.50 bits per heavy atom. The fourth-order valence-corrected chi connectivity index (χ4v) is 1.48. The number of fused-ring (bicyclic) bond motifs is 1. The third-order valence-corrected chi connectivity index (χ3v) is 2.15. The van der Waals surface area contributed by atoms with Gasteiger partial charge in [-0.15, -0.1) is 0 Å². The lowest BCUT2D eigenvalue weighted by Gasteiger charge is -2.17. The van der Waals surface area contributed by atoms with Gasteiger partial charge in [0.2, 0.25) is 0 Å². The van der Waals surface area contributed by atoms with Crippen LogP contribution < -0.4 is 10.1 Å². The predicted octanol–water partition coefficient (Wildman–Crippen LogP) is 1.85. The monoisotopic (exact) mass is 162 g/mol. The molecular formula is C10H12NO. The Kier molecular flexibility index (Phi) is 1.90. The first kappa shape index (κ1) is 7.47. The van der Waals surface area contributed by atoms with E-state index in [2.05, 4.69) is 17.4 Å². The Bertz CT molecular complexity index is 283. The number of rotatable bonds is 1. The highest BCUT2D eigenvalue weighted by Crippen LogP contribution is 2.25. The third-order valence-electron chi connectivity index (χ3n) is 2.15. The highest BCUT2D eigenvalue weighted by atomic mass is 16.5. The SMILES string of the molecule is COc1[c]c2c(cc1)CCCN2. The van der Waals surface area contributed by atoms with Gasteiger partial charge in [0.15, 0.2) is 0 Å². The van der Waals surface area contributed by atoms with Crippen molar-refractivity contribution in [2.75, 3.05) is 19.0 Å². The second-order valence-corrected chi connectivity index (χ2v) is 2.96. The molecule has 0 saturated heterocycles. The predicted molar refractivity (Wildman–Crippen MR) is 48.6 cm³/mol. The van der Waals surface area contributed by atoms with Gasteiger partial charge < -0.3 is 10.1 Å². The van der Waals surface area contributed by atoms with E-state index >= 15 is 0 Å². The van der Waals surface area contributed by atoms with E-state index in [4.69, 9.17) is 4.74 Å². The second kappa shape index (κ2) is 3.05. The van der Waals surface area contributed by atoms with Gasteiger partial charge in [-0.3, -0.25) is 0 Å². The fourth-order valence-electron chi connectivity index (χ4n) is 1.48. The van der Waals surface area contributed by atoms with E-state index in [-0.39, 0.29) is 0 Å². The highest BCUT2D eigenvalue weighted by molar-refractivity contribution is 5.55. The molecule has 0 fully saturated rings. The van der Waals surface area contributed by atoms with E-state index in [1.807, 2.05) is 6.07 Å². The minimum absolute atomic E-state index is 0.808. The maximum Gasteiger partial charge on any atom is 0.129 e. The van der Waals surface area contributed by atoms with Crippen LogP contribution in [0.5, 0.6) is 5.75 Å². The van der Waals surface area contributed by atoms with Crippen LogP contribution in [0.15, 0.2) is 12.1 Å². The van der Waals surface area contributed by atoms with Crippen LogP contribution in [-0.2, 0) is 6.42 Å². The summed E-state index contributed by atoms with van der Waals surface area (Å²) in [5.41, 5.74) is 2.46. The average molecular weight is 162 g/mol. The molecule has 1 heterocycles. The van der Waals surface area contributed by atoms with Crippen molar-refractivity contribution in [3.63, 3.8) is 0 Å². The number of nitrogens with one attached hydrogen (secondary N) is 1. The molecule has 1 radical (unpaired) electrons. The molecule has 0 amide bonds. The minimum atomic E-state index is 0.808. The Labute approximate surface area is 72.5 Å². The molecule has 2 nitrogen and oxygen atoms in total. The first-order chi connectivity index (χ1) is 5.90. The molecule has 0 unspecified atom stereocenters. The number of hydrogen-bond donors (Lipinski definition) is 1. The van der Waals surface area contributed by atoms with E-state index in [1.54, 1.807) is 7.11 Å². The molecule has 0 aliphatic carbocycles. The maximum absolute atomic E-state index is 5.08. The average Bonchev–Trinajstić information content (AvgIpc) is 2.17. The van der Waals surface area contributed by atoms with E-state index < -0.39 is 0 Å². The number of ether oxygens (including phenoxy) is 1. The summed E-state index contributed by atoms with van der Waals surface area (Å²) in [6, 6.07) is 7.25. The molecule has 63 valence electrons. The Hall–Kier alpha value is -1.18. The number of methoxy groups -OCH3 is 1. The minimum Gasteiger partial charge on any atom is -0.496 e. The van der Waals surface area contributed by atoms with Crippen LogP contribution in [0.4, 0.5) is 5.69 Å². The van der Waals surface area contributed by atoms with Crippen LogP contribution in [0.3, 0.4) is 0 Å². The lowest BCUT2D eigenvalue weighted by Crippen LogP contribution is -2.11. The molecule has 12 heavy (non-hydrogen) atoms. The molecule has 1 aliphatic heterocycles. The van der Waals surface area contributed by atoms with Crippen LogP contribution in [0.1, 0.15) is 12.0 Å². The van der Waals surface area contributed by atoms with Gasteiger partial charge in [0, 0.05) is 12.2 Å². The lowest BCUT2D eigenvalue weighted by atomic mass is 10.0. The Balaban J connectivity index is 2.36. The van der Waals surface area contributed by atoms with Crippen molar-refractivity contribution in [3.8, 4) is 5.75 Å². The van der Waals surface area contributed by atoms with Crippen molar-refractivity contribution in [3.05, 3.63) is 23.8 Å². The van der Waals surface area contributed by atoms with Gasteiger partial charge in [0.05, 0.1) is 13.2 Å². The largest absolute Gasteiger partial charge is 0.496 e. The van der Waals surface area contributed by atoms with E-state index in [9.17, 15) is 0 Å². The van der Waals surface area contributed by atoms with E-state index in [0.717, 1.165) is 24.4 Å². The van der Waals surface area contributed by atoms with Crippen LogP contribution in [0.2, 0.25) is 0 Å². The molecular weight excluding hydrogens is 150 g/mol. The molecule has 1 aromatic carbocycles. The fraction of sp³-hybridized carbons (Fsp3) is 0.400. The normalized spacial score (nSPS) is 14.8. The summed E-state index contributed by atoms with van der Waals surface area (Å²) in [5, 5.41) is 3.30. The second-order valence-electron chi connectivity index (χ2n) is 2.96. The third kappa shape index (κ3) is 1.24. The summed E-state index contributed by atoms with van der Waals surface area (Å²) >= 11 is 0. The summed E-state index contributed by atoms with van der Waals surface area (Å²) in [6.45, 7) is 1.05. The van der Waals surface area contributed by atoms with Gasteiger partial charge in [-0.1, -0.05) is 6.07 Å². The zero-order chi connectivity index (χ0) is 8.39. The molecule has 1 N–H and O–H groups in total. The van der Waals surface area contributed by atoms with E-state index in [1.165, 1.54) is 12.0 Å². The summed E-state index contributed by atoms with van der Waals surface area (Å²) in [6.07, 6.45) is 2.37. The van der Waals surface area contributed by atoms with Crippen LogP contribution in [-0.4, -0.2) is 13.7 Å². The zero-order valence-corrected chi connectivity index (χ0v) is 7.18.